The number of unbranched alkanes of at least 4 members (excludes halogenated alkanes) is 1. The maximum atomic E-state index is 10.7. The molecule has 0 aromatic heterocycles. The normalized spacial score (nSPS) is 32.5. The van der Waals surface area contributed by atoms with Gasteiger partial charge in [-0.25, -0.2) is 0 Å². The van der Waals surface area contributed by atoms with Crippen LogP contribution >= 0.6 is 0 Å². The van der Waals surface area contributed by atoms with Crippen LogP contribution in [0.1, 0.15) is 50.5 Å². The number of likely N-dealkylation sites (tertiary alicyclic amines) is 1. The molecule has 4 atom stereocenters. The molecule has 3 fully saturated rings. The summed E-state index contributed by atoms with van der Waals surface area (Å²) < 4.78 is 6.32. The summed E-state index contributed by atoms with van der Waals surface area (Å²) in [5.74, 6) is 0.494. The number of fused-ring (bicyclic) bond motifs is 2. The zero-order valence-corrected chi connectivity index (χ0v) is 16.8. The van der Waals surface area contributed by atoms with E-state index in [-0.39, 0.29) is 11.8 Å². The Hall–Kier alpha value is -1.65. The van der Waals surface area contributed by atoms with Crippen LogP contribution in [0.15, 0.2) is 42.5 Å². The Morgan fingerprint density at radius 1 is 1.21 bits per heavy atom. The molecule has 2 heterocycles. The first-order chi connectivity index (χ1) is 13.7. The Morgan fingerprint density at radius 3 is 2.75 bits per heavy atom. The fourth-order valence-corrected chi connectivity index (χ4v) is 5.76. The smallest absolute Gasteiger partial charge is 0.303 e. The number of rotatable bonds is 9. The van der Waals surface area contributed by atoms with E-state index in [1.807, 2.05) is 0 Å². The fourth-order valence-electron chi connectivity index (χ4n) is 5.76. The van der Waals surface area contributed by atoms with E-state index in [0.717, 1.165) is 38.8 Å². The van der Waals surface area contributed by atoms with Gasteiger partial charge in [-0.15, -0.1) is 0 Å². The number of ether oxygens (including phenoxy) is 1. The van der Waals surface area contributed by atoms with Crippen molar-refractivity contribution in [1.29, 1.82) is 0 Å². The average Bonchev–Trinajstić information content (AvgIpc) is 3.42. The van der Waals surface area contributed by atoms with Gasteiger partial charge in [0.15, 0.2) is 0 Å². The summed E-state index contributed by atoms with van der Waals surface area (Å²) in [6.45, 7) is 4.48. The predicted molar refractivity (Wildman–Crippen MR) is 110 cm³/mol. The van der Waals surface area contributed by atoms with Crippen molar-refractivity contribution in [3.8, 4) is 0 Å². The molecule has 0 amide bonds. The van der Waals surface area contributed by atoms with Gasteiger partial charge in [0.05, 0.1) is 12.7 Å². The monoisotopic (exact) mass is 383 g/mol. The standard InChI is InChI=1S/C24H33NO3/c26-23(27)13-7-2-1-6-12-21-20(17-25-14-8-9-15-25)22-16-24(21,18-28-22)19-10-4-3-5-11-19/h1,3-6,10-11,20-22H,2,7-9,12-18H2,(H,26,27)/b6-1-/t20-,21-,22-,24-/m0/s1. The summed E-state index contributed by atoms with van der Waals surface area (Å²) >= 11 is 0. The van der Waals surface area contributed by atoms with Crippen molar-refractivity contribution < 1.29 is 14.6 Å². The number of aliphatic carboxylic acids is 1. The lowest BCUT2D eigenvalue weighted by molar-refractivity contribution is -0.137. The van der Waals surface area contributed by atoms with Gasteiger partial charge in [0.2, 0.25) is 0 Å². The number of hydrogen-bond donors (Lipinski definition) is 1. The molecule has 28 heavy (non-hydrogen) atoms. The highest BCUT2D eigenvalue weighted by Crippen LogP contribution is 2.56. The highest BCUT2D eigenvalue weighted by Gasteiger charge is 2.59. The first kappa shape index (κ1) is 19.7. The number of hydrogen-bond acceptors (Lipinski definition) is 3. The molecule has 0 spiro atoms. The lowest BCUT2D eigenvalue weighted by Gasteiger charge is -2.40. The number of carboxylic acids is 1. The summed E-state index contributed by atoms with van der Waals surface area (Å²) in [5.41, 5.74) is 1.58. The van der Waals surface area contributed by atoms with Crippen molar-refractivity contribution in [3.05, 3.63) is 48.0 Å². The molecule has 1 saturated carbocycles. The van der Waals surface area contributed by atoms with E-state index in [9.17, 15) is 4.79 Å². The third-order valence-corrected chi connectivity index (χ3v) is 7.16. The quantitative estimate of drug-likeness (QED) is 0.511. The molecule has 1 N–H and O–H groups in total. The summed E-state index contributed by atoms with van der Waals surface area (Å²) in [4.78, 5) is 13.3. The highest BCUT2D eigenvalue weighted by molar-refractivity contribution is 5.66. The van der Waals surface area contributed by atoms with Gasteiger partial charge in [0.1, 0.15) is 0 Å². The Balaban J connectivity index is 1.48. The number of carbonyl (C=O) groups is 1. The van der Waals surface area contributed by atoms with Crippen LogP contribution in [0.4, 0.5) is 0 Å². The van der Waals surface area contributed by atoms with E-state index in [1.165, 1.54) is 31.5 Å². The topological polar surface area (TPSA) is 49.8 Å². The van der Waals surface area contributed by atoms with Gasteiger partial charge in [-0.2, -0.15) is 0 Å². The van der Waals surface area contributed by atoms with Crippen molar-refractivity contribution >= 4 is 5.97 Å². The summed E-state index contributed by atoms with van der Waals surface area (Å²) in [5, 5.41) is 8.80. The van der Waals surface area contributed by atoms with E-state index in [2.05, 4.69) is 47.4 Å². The molecule has 4 rings (SSSR count). The Kier molecular flexibility index (Phi) is 6.17. The van der Waals surface area contributed by atoms with Crippen LogP contribution in [0.2, 0.25) is 0 Å². The largest absolute Gasteiger partial charge is 0.481 e. The summed E-state index contributed by atoms with van der Waals surface area (Å²) in [6.07, 6.45) is 11.6. The lowest BCUT2D eigenvalue weighted by atomic mass is 9.69. The molecule has 1 aromatic carbocycles. The van der Waals surface area contributed by atoms with E-state index in [0.29, 0.717) is 17.9 Å². The lowest BCUT2D eigenvalue weighted by Crippen LogP contribution is -2.43. The zero-order chi connectivity index (χ0) is 19.4. The van der Waals surface area contributed by atoms with Crippen LogP contribution in [0.3, 0.4) is 0 Å². The third-order valence-electron chi connectivity index (χ3n) is 7.16. The van der Waals surface area contributed by atoms with Gasteiger partial charge in [0.25, 0.3) is 0 Å². The number of nitrogens with zero attached hydrogens (tertiary/aromatic N) is 1. The molecule has 2 aliphatic heterocycles. The second-order valence-electron chi connectivity index (χ2n) is 8.85. The van der Waals surface area contributed by atoms with E-state index in [4.69, 9.17) is 9.84 Å². The average molecular weight is 384 g/mol. The molecule has 1 aliphatic carbocycles. The zero-order valence-electron chi connectivity index (χ0n) is 16.8. The molecular formula is C24H33NO3. The molecule has 0 radical (unpaired) electrons. The molecule has 4 heteroatoms. The van der Waals surface area contributed by atoms with Gasteiger partial charge < -0.3 is 14.7 Å². The van der Waals surface area contributed by atoms with Crippen molar-refractivity contribution in [2.45, 2.75) is 56.5 Å². The van der Waals surface area contributed by atoms with Crippen molar-refractivity contribution in [2.24, 2.45) is 11.8 Å². The van der Waals surface area contributed by atoms with Crippen molar-refractivity contribution in [2.75, 3.05) is 26.2 Å². The van der Waals surface area contributed by atoms with E-state index in [1.54, 1.807) is 0 Å². The molecular weight excluding hydrogens is 350 g/mol. The van der Waals surface area contributed by atoms with Gasteiger partial charge >= 0.3 is 5.97 Å². The molecule has 2 saturated heterocycles. The molecule has 4 nitrogen and oxygen atoms in total. The van der Waals surface area contributed by atoms with Crippen molar-refractivity contribution in [3.63, 3.8) is 0 Å². The van der Waals surface area contributed by atoms with Crippen LogP contribution in [-0.2, 0) is 14.9 Å². The van der Waals surface area contributed by atoms with Gasteiger partial charge in [-0.1, -0.05) is 42.5 Å². The maximum absolute atomic E-state index is 10.7. The van der Waals surface area contributed by atoms with Crippen molar-refractivity contribution in [1.82, 2.24) is 4.90 Å². The summed E-state index contributed by atoms with van der Waals surface area (Å²) in [7, 11) is 0. The molecule has 1 aromatic rings. The van der Waals surface area contributed by atoms with E-state index < -0.39 is 5.97 Å². The first-order valence-electron chi connectivity index (χ1n) is 11.0. The van der Waals surface area contributed by atoms with Gasteiger partial charge in [0, 0.05) is 24.3 Å². The number of allylic oxidation sites excluding steroid dienone is 2. The fraction of sp³-hybridized carbons (Fsp3) is 0.625. The summed E-state index contributed by atoms with van der Waals surface area (Å²) in [6, 6.07) is 11.0. The maximum Gasteiger partial charge on any atom is 0.303 e. The molecule has 2 bridgehead atoms. The predicted octanol–water partition coefficient (Wildman–Crippen LogP) is 4.26. The van der Waals surface area contributed by atoms with Gasteiger partial charge in [-0.05, 0) is 63.1 Å². The molecule has 3 aliphatic rings. The van der Waals surface area contributed by atoms with Crippen LogP contribution in [-0.4, -0.2) is 48.3 Å². The second kappa shape index (κ2) is 8.79. The first-order valence-corrected chi connectivity index (χ1v) is 11.0. The van der Waals surface area contributed by atoms with Crippen LogP contribution < -0.4 is 0 Å². The van der Waals surface area contributed by atoms with Crippen LogP contribution in [0, 0.1) is 11.8 Å². The van der Waals surface area contributed by atoms with E-state index >= 15 is 0 Å². The number of benzene rings is 1. The highest BCUT2D eigenvalue weighted by atomic mass is 16.5. The molecule has 152 valence electrons. The second-order valence-corrected chi connectivity index (χ2v) is 8.85. The Morgan fingerprint density at radius 2 is 2.00 bits per heavy atom. The Bertz CT molecular complexity index is 682. The third kappa shape index (κ3) is 4.04. The minimum absolute atomic E-state index is 0.141. The SMILES string of the molecule is O=C(O)CCC/C=C\C[C@H]1[C@H](CN2CCCC2)[C@@H]2C[C@@]1(c1ccccc1)CO2. The Labute approximate surface area is 168 Å². The minimum atomic E-state index is -0.702. The van der Waals surface area contributed by atoms with Gasteiger partial charge in [-0.3, -0.25) is 4.79 Å². The van der Waals surface area contributed by atoms with Crippen LogP contribution in [0.5, 0.6) is 0 Å². The number of carboxylic acid groups (broad SMARTS) is 1. The van der Waals surface area contributed by atoms with Crippen LogP contribution in [0.25, 0.3) is 0 Å². The molecule has 0 unspecified atom stereocenters. The minimum Gasteiger partial charge on any atom is -0.481 e.